The highest BCUT2D eigenvalue weighted by Crippen LogP contribution is 2.42. The Labute approximate surface area is 121 Å². The van der Waals surface area contributed by atoms with Crippen LogP contribution in [0.5, 0.6) is 5.75 Å². The van der Waals surface area contributed by atoms with E-state index in [0.29, 0.717) is 0 Å². The Hall–Kier alpha value is -0.770. The van der Waals surface area contributed by atoms with Crippen LogP contribution in [0.25, 0.3) is 0 Å². The molecule has 0 bridgehead atoms. The van der Waals surface area contributed by atoms with E-state index in [1.165, 1.54) is 6.42 Å². The average molecular weight is 286 g/mol. The standard InChI is InChI=1S/C15H23NO2.ClH/c1-16-11-13-6-3-4-9-15(13,17)12-7-5-8-14(10-12)18-2;/h5,7-8,10,13,16-17H,3-4,6,9,11H2,1-2H3;1H. The molecule has 2 atom stereocenters. The predicted molar refractivity (Wildman–Crippen MR) is 80.0 cm³/mol. The first kappa shape index (κ1) is 16.3. The van der Waals surface area contributed by atoms with Gasteiger partial charge in [-0.25, -0.2) is 0 Å². The Balaban J connectivity index is 0.00000180. The van der Waals surface area contributed by atoms with E-state index >= 15 is 0 Å². The molecule has 1 fully saturated rings. The molecule has 108 valence electrons. The fourth-order valence-corrected chi connectivity index (χ4v) is 3.02. The van der Waals surface area contributed by atoms with Crippen LogP contribution < -0.4 is 10.1 Å². The van der Waals surface area contributed by atoms with Gasteiger partial charge >= 0.3 is 0 Å². The Morgan fingerprint density at radius 2 is 2.21 bits per heavy atom. The van der Waals surface area contributed by atoms with E-state index in [4.69, 9.17) is 4.74 Å². The highest BCUT2D eigenvalue weighted by Gasteiger charge is 2.39. The first-order chi connectivity index (χ1) is 8.70. The number of nitrogens with one attached hydrogen (secondary N) is 1. The number of hydrogen-bond acceptors (Lipinski definition) is 3. The fraction of sp³-hybridized carbons (Fsp3) is 0.600. The van der Waals surface area contributed by atoms with Crippen molar-refractivity contribution in [2.75, 3.05) is 20.7 Å². The SMILES string of the molecule is CNCC1CCCCC1(O)c1cccc(OC)c1.Cl. The van der Waals surface area contributed by atoms with Crippen LogP contribution in [0.15, 0.2) is 24.3 Å². The van der Waals surface area contributed by atoms with Crippen molar-refractivity contribution >= 4 is 12.4 Å². The highest BCUT2D eigenvalue weighted by molar-refractivity contribution is 5.85. The van der Waals surface area contributed by atoms with Crippen LogP contribution >= 0.6 is 12.4 Å². The Morgan fingerprint density at radius 1 is 1.42 bits per heavy atom. The second-order valence-corrected chi connectivity index (χ2v) is 5.16. The molecule has 3 nitrogen and oxygen atoms in total. The third kappa shape index (κ3) is 3.41. The molecule has 2 unspecified atom stereocenters. The van der Waals surface area contributed by atoms with E-state index in [9.17, 15) is 5.11 Å². The van der Waals surface area contributed by atoms with E-state index in [0.717, 1.165) is 37.1 Å². The molecule has 1 aliphatic carbocycles. The molecule has 1 saturated carbocycles. The molecule has 0 radical (unpaired) electrons. The van der Waals surface area contributed by atoms with E-state index in [1.54, 1.807) is 7.11 Å². The quantitative estimate of drug-likeness (QED) is 0.894. The summed E-state index contributed by atoms with van der Waals surface area (Å²) in [5, 5.41) is 14.3. The Kier molecular flexibility index (Phi) is 6.11. The zero-order valence-electron chi connectivity index (χ0n) is 11.7. The molecule has 2 rings (SSSR count). The summed E-state index contributed by atoms with van der Waals surface area (Å²) in [5.74, 6) is 1.10. The monoisotopic (exact) mass is 285 g/mol. The highest BCUT2D eigenvalue weighted by atomic mass is 35.5. The van der Waals surface area contributed by atoms with E-state index < -0.39 is 5.60 Å². The number of methoxy groups -OCH3 is 1. The topological polar surface area (TPSA) is 41.5 Å². The summed E-state index contributed by atoms with van der Waals surface area (Å²) in [5.41, 5.74) is 0.275. The minimum Gasteiger partial charge on any atom is -0.497 e. The minimum absolute atomic E-state index is 0. The molecular formula is C15H24ClNO2. The number of rotatable bonds is 4. The van der Waals surface area contributed by atoms with Crippen molar-refractivity contribution in [1.29, 1.82) is 0 Å². The summed E-state index contributed by atoms with van der Waals surface area (Å²) in [4.78, 5) is 0. The third-order valence-electron chi connectivity index (χ3n) is 4.06. The largest absolute Gasteiger partial charge is 0.497 e. The lowest BCUT2D eigenvalue weighted by Gasteiger charge is -2.40. The second-order valence-electron chi connectivity index (χ2n) is 5.16. The van der Waals surface area contributed by atoms with Crippen molar-refractivity contribution in [2.45, 2.75) is 31.3 Å². The Bertz CT molecular complexity index is 397. The van der Waals surface area contributed by atoms with Crippen LogP contribution in [0.4, 0.5) is 0 Å². The van der Waals surface area contributed by atoms with E-state index in [2.05, 4.69) is 5.32 Å². The van der Waals surface area contributed by atoms with Crippen LogP contribution in [-0.2, 0) is 5.60 Å². The van der Waals surface area contributed by atoms with Gasteiger partial charge < -0.3 is 15.2 Å². The minimum atomic E-state index is -0.713. The molecule has 0 aromatic heterocycles. The van der Waals surface area contributed by atoms with Gasteiger partial charge in [-0.2, -0.15) is 0 Å². The maximum atomic E-state index is 11.1. The van der Waals surface area contributed by atoms with Crippen LogP contribution in [0.2, 0.25) is 0 Å². The maximum Gasteiger partial charge on any atom is 0.119 e. The van der Waals surface area contributed by atoms with Crippen LogP contribution in [-0.4, -0.2) is 25.8 Å². The fourth-order valence-electron chi connectivity index (χ4n) is 3.02. The van der Waals surface area contributed by atoms with E-state index in [1.807, 2.05) is 31.3 Å². The lowest BCUT2D eigenvalue weighted by Crippen LogP contribution is -2.42. The first-order valence-electron chi connectivity index (χ1n) is 6.72. The summed E-state index contributed by atoms with van der Waals surface area (Å²) in [6, 6.07) is 7.85. The van der Waals surface area contributed by atoms with Crippen molar-refractivity contribution in [1.82, 2.24) is 5.32 Å². The summed E-state index contributed by atoms with van der Waals surface area (Å²) in [6.45, 7) is 0.855. The second kappa shape index (κ2) is 7.13. The molecule has 2 N–H and O–H groups in total. The van der Waals surface area contributed by atoms with Gasteiger partial charge in [0.25, 0.3) is 0 Å². The number of halogens is 1. The van der Waals surface area contributed by atoms with Gasteiger partial charge in [0.15, 0.2) is 0 Å². The third-order valence-corrected chi connectivity index (χ3v) is 4.06. The van der Waals surface area contributed by atoms with Gasteiger partial charge in [0.2, 0.25) is 0 Å². The van der Waals surface area contributed by atoms with Crippen LogP contribution in [0, 0.1) is 5.92 Å². The summed E-state index contributed by atoms with van der Waals surface area (Å²) in [7, 11) is 3.61. The van der Waals surface area contributed by atoms with Crippen molar-refractivity contribution < 1.29 is 9.84 Å². The normalized spacial score (nSPS) is 26.6. The number of ether oxygens (including phenoxy) is 1. The molecule has 19 heavy (non-hydrogen) atoms. The molecule has 1 aromatic rings. The number of hydrogen-bond donors (Lipinski definition) is 2. The zero-order valence-corrected chi connectivity index (χ0v) is 12.5. The summed E-state index contributed by atoms with van der Waals surface area (Å²) < 4.78 is 5.26. The van der Waals surface area contributed by atoms with Gasteiger partial charge in [0.05, 0.1) is 12.7 Å². The van der Waals surface area contributed by atoms with Gasteiger partial charge in [0, 0.05) is 12.5 Å². The lowest BCUT2D eigenvalue weighted by atomic mass is 9.71. The Morgan fingerprint density at radius 3 is 2.89 bits per heavy atom. The van der Waals surface area contributed by atoms with E-state index in [-0.39, 0.29) is 18.3 Å². The van der Waals surface area contributed by atoms with Crippen LogP contribution in [0.1, 0.15) is 31.2 Å². The zero-order chi connectivity index (χ0) is 13.0. The molecule has 0 saturated heterocycles. The molecule has 1 aliphatic rings. The molecule has 0 heterocycles. The van der Waals surface area contributed by atoms with Gasteiger partial charge in [-0.05, 0) is 37.6 Å². The smallest absolute Gasteiger partial charge is 0.119 e. The van der Waals surface area contributed by atoms with Gasteiger partial charge in [-0.3, -0.25) is 0 Å². The number of aliphatic hydroxyl groups is 1. The summed E-state index contributed by atoms with van der Waals surface area (Å²) in [6.07, 6.45) is 4.22. The molecule has 1 aromatic carbocycles. The first-order valence-corrected chi connectivity index (χ1v) is 6.72. The van der Waals surface area contributed by atoms with Crippen molar-refractivity contribution in [3.63, 3.8) is 0 Å². The average Bonchev–Trinajstić information content (AvgIpc) is 2.42. The van der Waals surface area contributed by atoms with Crippen molar-refractivity contribution in [3.05, 3.63) is 29.8 Å². The van der Waals surface area contributed by atoms with Crippen molar-refractivity contribution in [2.24, 2.45) is 5.92 Å². The molecule has 0 amide bonds. The maximum absolute atomic E-state index is 11.1. The van der Waals surface area contributed by atoms with Gasteiger partial charge in [0.1, 0.15) is 5.75 Å². The van der Waals surface area contributed by atoms with Crippen molar-refractivity contribution in [3.8, 4) is 5.75 Å². The lowest BCUT2D eigenvalue weighted by molar-refractivity contribution is -0.0531. The van der Waals surface area contributed by atoms with Gasteiger partial charge in [-0.1, -0.05) is 25.0 Å². The summed E-state index contributed by atoms with van der Waals surface area (Å²) >= 11 is 0. The van der Waals surface area contributed by atoms with Crippen LogP contribution in [0.3, 0.4) is 0 Å². The molecule has 0 spiro atoms. The molecule has 0 aliphatic heterocycles. The predicted octanol–water partition coefficient (Wildman–Crippen LogP) is 2.71. The van der Waals surface area contributed by atoms with Gasteiger partial charge in [-0.15, -0.1) is 12.4 Å². The molecule has 4 heteroatoms. The molecular weight excluding hydrogens is 262 g/mol. The number of benzene rings is 1.